The van der Waals surface area contributed by atoms with Gasteiger partial charge in [-0.15, -0.1) is 0 Å². The maximum Gasteiger partial charge on any atom is 0.244 e. The van der Waals surface area contributed by atoms with Crippen LogP contribution in [0.1, 0.15) is 44.6 Å². The summed E-state index contributed by atoms with van der Waals surface area (Å²) in [4.78, 5) is 28.1. The number of sulfonamides is 1. The van der Waals surface area contributed by atoms with Gasteiger partial charge in [-0.1, -0.05) is 66.2 Å². The van der Waals surface area contributed by atoms with Crippen molar-refractivity contribution in [2.75, 3.05) is 17.1 Å². The summed E-state index contributed by atoms with van der Waals surface area (Å²) in [6.07, 6.45) is 6.06. The molecule has 1 saturated carbocycles. The minimum absolute atomic E-state index is 0.0716. The molecule has 0 bridgehead atoms. The quantitative estimate of drug-likeness (QED) is 0.442. The van der Waals surface area contributed by atoms with E-state index in [1.807, 2.05) is 0 Å². The molecule has 2 aromatic rings. The van der Waals surface area contributed by atoms with Crippen LogP contribution in [0.25, 0.3) is 0 Å². The number of nitrogens with one attached hydrogen (secondary N) is 1. The molecule has 0 spiro atoms. The van der Waals surface area contributed by atoms with E-state index in [4.69, 9.17) is 34.8 Å². The molecular weight excluding hydrogens is 545 g/mol. The second-order valence-electron chi connectivity index (χ2n) is 9.06. The van der Waals surface area contributed by atoms with Crippen molar-refractivity contribution in [3.05, 3.63) is 63.1 Å². The zero-order valence-corrected chi connectivity index (χ0v) is 23.3. The van der Waals surface area contributed by atoms with Crippen molar-refractivity contribution in [3.63, 3.8) is 0 Å². The molecule has 0 aliphatic heterocycles. The first kappa shape index (κ1) is 28.6. The molecule has 1 atom stereocenters. The molecule has 1 fully saturated rings. The monoisotopic (exact) mass is 573 g/mol. The first-order chi connectivity index (χ1) is 16.9. The third-order valence-corrected chi connectivity index (χ3v) is 8.03. The molecule has 7 nitrogen and oxygen atoms in total. The standard InChI is InChI=1S/C25H30Cl3N3O4S/c1-17(25(33)29-22-6-4-3-5-7-22)30(15-18-8-10-19(26)11-9-18)24(32)16-31(36(2,34)35)23-13-20(27)12-21(28)14-23/h8-14,17,22H,3-7,15-16H2,1-2H3,(H,29,33). The average molecular weight is 575 g/mol. The summed E-state index contributed by atoms with van der Waals surface area (Å²) in [7, 11) is -3.88. The van der Waals surface area contributed by atoms with Crippen molar-refractivity contribution in [1.29, 1.82) is 0 Å². The molecule has 1 unspecified atom stereocenters. The van der Waals surface area contributed by atoms with Gasteiger partial charge in [0.2, 0.25) is 21.8 Å². The van der Waals surface area contributed by atoms with Crippen LogP contribution in [0.5, 0.6) is 0 Å². The molecule has 2 amide bonds. The Labute approximate surface area is 227 Å². The Kier molecular flexibility index (Phi) is 9.92. The minimum atomic E-state index is -3.88. The third-order valence-electron chi connectivity index (χ3n) is 6.20. The van der Waals surface area contributed by atoms with E-state index >= 15 is 0 Å². The fourth-order valence-corrected chi connectivity index (χ4v) is 5.71. The lowest BCUT2D eigenvalue weighted by atomic mass is 9.95. The highest BCUT2D eigenvalue weighted by Crippen LogP contribution is 2.27. The zero-order valence-electron chi connectivity index (χ0n) is 20.2. The van der Waals surface area contributed by atoms with Gasteiger partial charge in [-0.25, -0.2) is 8.42 Å². The minimum Gasteiger partial charge on any atom is -0.352 e. The number of anilines is 1. The molecule has 0 heterocycles. The molecule has 196 valence electrons. The second kappa shape index (κ2) is 12.5. The first-order valence-corrected chi connectivity index (χ1v) is 14.7. The fourth-order valence-electron chi connectivity index (χ4n) is 4.23. The summed E-state index contributed by atoms with van der Waals surface area (Å²) in [6.45, 7) is 1.22. The van der Waals surface area contributed by atoms with E-state index in [1.54, 1.807) is 31.2 Å². The summed E-state index contributed by atoms with van der Waals surface area (Å²) < 4.78 is 26.2. The lowest BCUT2D eigenvalue weighted by Crippen LogP contribution is -2.52. The molecule has 0 radical (unpaired) electrons. The largest absolute Gasteiger partial charge is 0.352 e. The SMILES string of the molecule is CC(C(=O)NC1CCCCC1)N(Cc1ccc(Cl)cc1)C(=O)CN(c1cc(Cl)cc(Cl)c1)S(C)(=O)=O. The van der Waals surface area contributed by atoms with Crippen molar-refractivity contribution < 1.29 is 18.0 Å². The normalized spacial score (nSPS) is 15.2. The van der Waals surface area contributed by atoms with Crippen molar-refractivity contribution in [1.82, 2.24) is 10.2 Å². The van der Waals surface area contributed by atoms with Crippen LogP contribution < -0.4 is 9.62 Å². The number of hydrogen-bond acceptors (Lipinski definition) is 4. The van der Waals surface area contributed by atoms with Crippen LogP contribution in [0.15, 0.2) is 42.5 Å². The number of carbonyl (C=O) groups excluding carboxylic acids is 2. The molecule has 1 N–H and O–H groups in total. The van der Waals surface area contributed by atoms with Crippen LogP contribution in [-0.4, -0.2) is 50.0 Å². The molecule has 1 aliphatic rings. The predicted molar refractivity (Wildman–Crippen MR) is 145 cm³/mol. The van der Waals surface area contributed by atoms with Gasteiger partial charge in [-0.2, -0.15) is 0 Å². The van der Waals surface area contributed by atoms with Crippen molar-refractivity contribution in [2.45, 2.75) is 57.7 Å². The Morgan fingerprint density at radius 1 is 0.972 bits per heavy atom. The van der Waals surface area contributed by atoms with Gasteiger partial charge in [0.1, 0.15) is 12.6 Å². The maximum absolute atomic E-state index is 13.6. The second-order valence-corrected chi connectivity index (χ2v) is 12.3. The van der Waals surface area contributed by atoms with E-state index < -0.39 is 28.5 Å². The van der Waals surface area contributed by atoms with E-state index in [-0.39, 0.29) is 34.2 Å². The number of benzene rings is 2. The maximum atomic E-state index is 13.6. The van der Waals surface area contributed by atoms with Crippen LogP contribution in [0.4, 0.5) is 5.69 Å². The molecule has 2 aromatic carbocycles. The van der Waals surface area contributed by atoms with Gasteiger partial charge in [-0.05, 0) is 55.7 Å². The number of rotatable bonds is 9. The zero-order chi connectivity index (χ0) is 26.5. The molecule has 11 heteroatoms. The number of hydrogen-bond donors (Lipinski definition) is 1. The summed E-state index contributed by atoms with van der Waals surface area (Å²) in [5.41, 5.74) is 0.913. The third kappa shape index (κ3) is 8.00. The van der Waals surface area contributed by atoms with Crippen LogP contribution in [-0.2, 0) is 26.2 Å². The first-order valence-electron chi connectivity index (χ1n) is 11.7. The smallest absolute Gasteiger partial charge is 0.244 e. The summed E-state index contributed by atoms with van der Waals surface area (Å²) in [6, 6.07) is 10.5. The highest BCUT2D eigenvalue weighted by molar-refractivity contribution is 7.92. The van der Waals surface area contributed by atoms with E-state index in [9.17, 15) is 18.0 Å². The number of nitrogens with zero attached hydrogens (tertiary/aromatic N) is 2. The van der Waals surface area contributed by atoms with E-state index in [0.717, 1.165) is 48.2 Å². The van der Waals surface area contributed by atoms with Crippen LogP contribution in [0.3, 0.4) is 0 Å². The summed E-state index contributed by atoms with van der Waals surface area (Å²) in [5, 5.41) is 4.07. The Balaban J connectivity index is 1.88. The van der Waals surface area contributed by atoms with Gasteiger partial charge < -0.3 is 10.2 Å². The Morgan fingerprint density at radius 2 is 1.56 bits per heavy atom. The summed E-state index contributed by atoms with van der Waals surface area (Å²) in [5.74, 6) is -0.821. The van der Waals surface area contributed by atoms with Crippen molar-refractivity contribution in [3.8, 4) is 0 Å². The Morgan fingerprint density at radius 3 is 2.11 bits per heavy atom. The van der Waals surface area contributed by atoms with Crippen LogP contribution in [0, 0.1) is 0 Å². The van der Waals surface area contributed by atoms with E-state index in [0.29, 0.717) is 5.02 Å². The molecule has 0 aromatic heterocycles. The highest BCUT2D eigenvalue weighted by Gasteiger charge is 2.31. The van der Waals surface area contributed by atoms with Crippen molar-refractivity contribution >= 4 is 62.3 Å². The van der Waals surface area contributed by atoms with Crippen LogP contribution in [0.2, 0.25) is 15.1 Å². The van der Waals surface area contributed by atoms with Crippen molar-refractivity contribution in [2.24, 2.45) is 0 Å². The molecular formula is C25H30Cl3N3O4S. The Bertz CT molecular complexity index is 1170. The lowest BCUT2D eigenvalue weighted by molar-refractivity contribution is -0.139. The van der Waals surface area contributed by atoms with E-state index in [1.165, 1.54) is 23.1 Å². The lowest BCUT2D eigenvalue weighted by Gasteiger charge is -2.33. The molecule has 0 saturated heterocycles. The van der Waals surface area contributed by atoms with Gasteiger partial charge in [0.25, 0.3) is 0 Å². The topological polar surface area (TPSA) is 86.8 Å². The fraction of sp³-hybridized carbons (Fsp3) is 0.440. The molecule has 1 aliphatic carbocycles. The Hall–Kier alpha value is -2.00. The van der Waals surface area contributed by atoms with Gasteiger partial charge >= 0.3 is 0 Å². The van der Waals surface area contributed by atoms with E-state index in [2.05, 4.69) is 5.32 Å². The number of halogens is 3. The summed E-state index contributed by atoms with van der Waals surface area (Å²) >= 11 is 18.2. The number of carbonyl (C=O) groups is 2. The molecule has 36 heavy (non-hydrogen) atoms. The van der Waals surface area contributed by atoms with Crippen LogP contribution >= 0.6 is 34.8 Å². The van der Waals surface area contributed by atoms with Gasteiger partial charge in [0.05, 0.1) is 11.9 Å². The van der Waals surface area contributed by atoms with Gasteiger partial charge in [-0.3, -0.25) is 13.9 Å². The highest BCUT2D eigenvalue weighted by atomic mass is 35.5. The predicted octanol–water partition coefficient (Wildman–Crippen LogP) is 5.28. The van der Waals surface area contributed by atoms with Gasteiger partial charge in [0, 0.05) is 27.7 Å². The number of amides is 2. The van der Waals surface area contributed by atoms with Gasteiger partial charge in [0.15, 0.2) is 0 Å². The average Bonchev–Trinajstić information content (AvgIpc) is 2.80. The molecule has 3 rings (SSSR count).